The second-order valence-corrected chi connectivity index (χ2v) is 4.02. The second kappa shape index (κ2) is 5.61. The molecule has 5 heteroatoms. The summed E-state index contributed by atoms with van der Waals surface area (Å²) in [7, 11) is 0. The highest BCUT2D eigenvalue weighted by molar-refractivity contribution is 6.33. The fourth-order valence-corrected chi connectivity index (χ4v) is 1.67. The molecule has 1 aromatic rings. The summed E-state index contributed by atoms with van der Waals surface area (Å²) in [6.45, 7) is 3.91. The predicted molar refractivity (Wildman–Crippen MR) is 67.3 cm³/mol. The van der Waals surface area contributed by atoms with Crippen molar-refractivity contribution in [2.75, 3.05) is 5.32 Å². The SMILES string of the molecule is CCC(Nc1ccc(C)cc1Cl)C(N)=NO. The lowest BCUT2D eigenvalue weighted by Crippen LogP contribution is -2.35. The molecule has 0 heterocycles. The third-order valence-electron chi connectivity index (χ3n) is 2.34. The van der Waals surface area contributed by atoms with Crippen LogP contribution in [0.4, 0.5) is 5.69 Å². The number of aryl methyl sites for hydroxylation is 1. The summed E-state index contributed by atoms with van der Waals surface area (Å²) in [5, 5.41) is 15.4. The Morgan fingerprint density at radius 1 is 1.62 bits per heavy atom. The number of rotatable bonds is 4. The Balaban J connectivity index is 2.86. The highest BCUT2D eigenvalue weighted by atomic mass is 35.5. The van der Waals surface area contributed by atoms with Crippen molar-refractivity contribution in [2.24, 2.45) is 10.9 Å². The lowest BCUT2D eigenvalue weighted by Gasteiger charge is -2.17. The van der Waals surface area contributed by atoms with Gasteiger partial charge < -0.3 is 16.3 Å². The van der Waals surface area contributed by atoms with Gasteiger partial charge in [-0.2, -0.15) is 0 Å². The zero-order valence-corrected chi connectivity index (χ0v) is 10.1. The van der Waals surface area contributed by atoms with Gasteiger partial charge in [-0.1, -0.05) is 29.7 Å². The first-order valence-electron chi connectivity index (χ1n) is 5.08. The van der Waals surface area contributed by atoms with Crippen molar-refractivity contribution in [3.8, 4) is 0 Å². The Kier molecular flexibility index (Phi) is 4.43. The van der Waals surface area contributed by atoms with Crippen LogP contribution in [0.2, 0.25) is 5.02 Å². The quantitative estimate of drug-likeness (QED) is 0.328. The van der Waals surface area contributed by atoms with E-state index in [1.807, 2.05) is 32.0 Å². The summed E-state index contributed by atoms with van der Waals surface area (Å²) in [6, 6.07) is 5.48. The van der Waals surface area contributed by atoms with Crippen molar-refractivity contribution in [3.63, 3.8) is 0 Å². The molecular formula is C11H16ClN3O. The molecule has 0 aliphatic carbocycles. The molecule has 0 bridgehead atoms. The van der Waals surface area contributed by atoms with Gasteiger partial charge in [0.25, 0.3) is 0 Å². The number of benzene rings is 1. The van der Waals surface area contributed by atoms with Gasteiger partial charge in [-0.05, 0) is 31.0 Å². The molecule has 16 heavy (non-hydrogen) atoms. The van der Waals surface area contributed by atoms with E-state index in [1.165, 1.54) is 0 Å². The van der Waals surface area contributed by atoms with E-state index in [0.717, 1.165) is 11.3 Å². The van der Waals surface area contributed by atoms with Gasteiger partial charge in [0.05, 0.1) is 16.8 Å². The molecule has 1 unspecified atom stereocenters. The number of halogens is 1. The summed E-state index contributed by atoms with van der Waals surface area (Å²) in [5.74, 6) is 0.152. The van der Waals surface area contributed by atoms with Gasteiger partial charge in [-0.25, -0.2) is 0 Å². The van der Waals surface area contributed by atoms with E-state index in [-0.39, 0.29) is 11.9 Å². The van der Waals surface area contributed by atoms with Crippen LogP contribution >= 0.6 is 11.6 Å². The monoisotopic (exact) mass is 241 g/mol. The van der Waals surface area contributed by atoms with E-state index < -0.39 is 0 Å². The predicted octanol–water partition coefficient (Wildman–Crippen LogP) is 2.59. The van der Waals surface area contributed by atoms with E-state index in [4.69, 9.17) is 22.5 Å². The van der Waals surface area contributed by atoms with Crippen molar-refractivity contribution in [2.45, 2.75) is 26.3 Å². The van der Waals surface area contributed by atoms with Gasteiger partial charge in [0.15, 0.2) is 5.84 Å². The zero-order chi connectivity index (χ0) is 12.1. The smallest absolute Gasteiger partial charge is 0.161 e. The Labute approximate surface area is 100 Å². The molecule has 4 N–H and O–H groups in total. The average Bonchev–Trinajstić information content (AvgIpc) is 2.27. The lowest BCUT2D eigenvalue weighted by atomic mass is 10.1. The van der Waals surface area contributed by atoms with Crippen LogP contribution in [0, 0.1) is 6.92 Å². The molecule has 1 atom stereocenters. The molecule has 0 fully saturated rings. The molecular weight excluding hydrogens is 226 g/mol. The number of hydrogen-bond acceptors (Lipinski definition) is 3. The third kappa shape index (κ3) is 3.03. The topological polar surface area (TPSA) is 70.6 Å². The molecule has 0 spiro atoms. The lowest BCUT2D eigenvalue weighted by molar-refractivity contribution is 0.316. The van der Waals surface area contributed by atoms with Crippen molar-refractivity contribution >= 4 is 23.1 Å². The summed E-state index contributed by atoms with van der Waals surface area (Å²) < 4.78 is 0. The van der Waals surface area contributed by atoms with Gasteiger partial charge in [-0.3, -0.25) is 0 Å². The maximum Gasteiger partial charge on any atom is 0.161 e. The number of amidine groups is 1. The largest absolute Gasteiger partial charge is 0.409 e. The minimum atomic E-state index is -0.217. The molecule has 88 valence electrons. The van der Waals surface area contributed by atoms with Gasteiger partial charge in [0, 0.05) is 0 Å². The van der Waals surface area contributed by atoms with E-state index >= 15 is 0 Å². The molecule has 0 aliphatic heterocycles. The molecule has 1 rings (SSSR count). The van der Waals surface area contributed by atoms with Gasteiger partial charge >= 0.3 is 0 Å². The van der Waals surface area contributed by atoms with Crippen LogP contribution in [-0.2, 0) is 0 Å². The highest BCUT2D eigenvalue weighted by Gasteiger charge is 2.12. The van der Waals surface area contributed by atoms with Gasteiger partial charge in [0.2, 0.25) is 0 Å². The van der Waals surface area contributed by atoms with Crippen LogP contribution in [0.25, 0.3) is 0 Å². The number of nitrogens with zero attached hydrogens (tertiary/aromatic N) is 1. The molecule has 0 aromatic heterocycles. The molecule has 0 radical (unpaired) electrons. The molecule has 4 nitrogen and oxygen atoms in total. The van der Waals surface area contributed by atoms with Crippen molar-refractivity contribution in [1.29, 1.82) is 0 Å². The third-order valence-corrected chi connectivity index (χ3v) is 2.65. The Morgan fingerprint density at radius 3 is 2.81 bits per heavy atom. The zero-order valence-electron chi connectivity index (χ0n) is 9.37. The van der Waals surface area contributed by atoms with E-state index in [9.17, 15) is 0 Å². The minimum absolute atomic E-state index is 0.152. The van der Waals surface area contributed by atoms with Crippen molar-refractivity contribution in [3.05, 3.63) is 28.8 Å². The Bertz CT molecular complexity index is 393. The van der Waals surface area contributed by atoms with E-state index in [2.05, 4.69) is 10.5 Å². The number of oxime groups is 1. The standard InChI is InChI=1S/C11H16ClN3O/c1-3-9(11(13)15-16)14-10-5-4-7(2)6-8(10)12/h4-6,9,14,16H,3H2,1-2H3,(H2,13,15). The number of nitrogens with one attached hydrogen (secondary N) is 1. The first kappa shape index (κ1) is 12.6. The van der Waals surface area contributed by atoms with Crippen LogP contribution in [0.1, 0.15) is 18.9 Å². The molecule has 1 aromatic carbocycles. The number of anilines is 1. The summed E-state index contributed by atoms with van der Waals surface area (Å²) in [5.41, 5.74) is 7.42. The van der Waals surface area contributed by atoms with Crippen LogP contribution in [0.15, 0.2) is 23.4 Å². The molecule has 0 saturated heterocycles. The maximum atomic E-state index is 8.62. The van der Waals surface area contributed by atoms with Gasteiger partial charge in [0.1, 0.15) is 0 Å². The van der Waals surface area contributed by atoms with Gasteiger partial charge in [-0.15, -0.1) is 0 Å². The van der Waals surface area contributed by atoms with Crippen LogP contribution in [0.3, 0.4) is 0 Å². The van der Waals surface area contributed by atoms with Crippen molar-refractivity contribution < 1.29 is 5.21 Å². The Morgan fingerprint density at radius 2 is 2.31 bits per heavy atom. The summed E-state index contributed by atoms with van der Waals surface area (Å²) >= 11 is 6.07. The van der Waals surface area contributed by atoms with Crippen LogP contribution < -0.4 is 11.1 Å². The second-order valence-electron chi connectivity index (χ2n) is 3.61. The summed E-state index contributed by atoms with van der Waals surface area (Å²) in [6.07, 6.45) is 0.708. The highest BCUT2D eigenvalue weighted by Crippen LogP contribution is 2.23. The van der Waals surface area contributed by atoms with Crippen LogP contribution in [0.5, 0.6) is 0 Å². The Hall–Kier alpha value is -1.42. The van der Waals surface area contributed by atoms with Crippen LogP contribution in [-0.4, -0.2) is 17.1 Å². The van der Waals surface area contributed by atoms with Crippen molar-refractivity contribution in [1.82, 2.24) is 0 Å². The van der Waals surface area contributed by atoms with E-state index in [1.54, 1.807) is 0 Å². The molecule has 0 saturated carbocycles. The molecule has 0 amide bonds. The first-order chi connectivity index (χ1) is 7.58. The minimum Gasteiger partial charge on any atom is -0.409 e. The van der Waals surface area contributed by atoms with E-state index in [0.29, 0.717) is 11.4 Å². The first-order valence-corrected chi connectivity index (χ1v) is 5.46. The number of hydrogen-bond donors (Lipinski definition) is 3. The average molecular weight is 242 g/mol. The fraction of sp³-hybridized carbons (Fsp3) is 0.364. The number of nitrogens with two attached hydrogens (primary N) is 1. The normalized spacial score (nSPS) is 13.6. The summed E-state index contributed by atoms with van der Waals surface area (Å²) in [4.78, 5) is 0. The fourth-order valence-electron chi connectivity index (χ4n) is 1.38. The molecule has 0 aliphatic rings. The maximum absolute atomic E-state index is 8.62.